The summed E-state index contributed by atoms with van der Waals surface area (Å²) in [5.41, 5.74) is 1.39. The van der Waals surface area contributed by atoms with Crippen molar-refractivity contribution in [1.29, 1.82) is 0 Å². The van der Waals surface area contributed by atoms with Crippen molar-refractivity contribution in [2.75, 3.05) is 37.2 Å². The standard InChI is InChI=1S/C19H25N3O5S2/c1-28(24,25)20-17-7-9-19(10-8-17)29(26,27)22-12-11-21(14-18(23)15-22)13-16-5-3-2-4-6-16/h2-10,18,20,23H,11-15H2,1H3. The van der Waals surface area contributed by atoms with Gasteiger partial charge in [0.15, 0.2) is 0 Å². The second-order valence-corrected chi connectivity index (χ2v) is 10.8. The molecule has 158 valence electrons. The third-order valence-corrected chi connectivity index (χ3v) is 7.08. The van der Waals surface area contributed by atoms with Crippen LogP contribution in [0.1, 0.15) is 5.56 Å². The molecule has 0 aromatic heterocycles. The molecule has 2 N–H and O–H groups in total. The molecule has 1 fully saturated rings. The van der Waals surface area contributed by atoms with Gasteiger partial charge in [-0.25, -0.2) is 16.8 Å². The minimum atomic E-state index is -3.81. The van der Waals surface area contributed by atoms with Crippen LogP contribution >= 0.6 is 0 Å². The smallest absolute Gasteiger partial charge is 0.243 e. The summed E-state index contributed by atoms with van der Waals surface area (Å²) in [6.07, 6.45) is 0.222. The molecule has 0 spiro atoms. The van der Waals surface area contributed by atoms with Gasteiger partial charge >= 0.3 is 0 Å². The molecule has 2 aromatic rings. The molecule has 29 heavy (non-hydrogen) atoms. The quantitative estimate of drug-likeness (QED) is 0.693. The van der Waals surface area contributed by atoms with Gasteiger partial charge in [-0.2, -0.15) is 4.31 Å². The number of aliphatic hydroxyl groups is 1. The van der Waals surface area contributed by atoms with E-state index in [-0.39, 0.29) is 23.7 Å². The summed E-state index contributed by atoms with van der Waals surface area (Å²) in [5, 5.41) is 10.4. The SMILES string of the molecule is CS(=O)(=O)Nc1ccc(S(=O)(=O)N2CCN(Cc3ccccc3)CC(O)C2)cc1. The second-order valence-electron chi connectivity index (χ2n) is 7.14. The van der Waals surface area contributed by atoms with E-state index in [1.807, 2.05) is 35.2 Å². The van der Waals surface area contributed by atoms with Gasteiger partial charge in [-0.15, -0.1) is 0 Å². The van der Waals surface area contributed by atoms with E-state index in [0.29, 0.717) is 19.6 Å². The highest BCUT2D eigenvalue weighted by Crippen LogP contribution is 2.21. The molecular formula is C19H25N3O5S2. The van der Waals surface area contributed by atoms with Crippen molar-refractivity contribution in [1.82, 2.24) is 9.21 Å². The van der Waals surface area contributed by atoms with Crippen LogP contribution in [0.4, 0.5) is 5.69 Å². The van der Waals surface area contributed by atoms with E-state index in [1.54, 1.807) is 0 Å². The van der Waals surface area contributed by atoms with Gasteiger partial charge in [0.25, 0.3) is 0 Å². The van der Waals surface area contributed by atoms with E-state index in [2.05, 4.69) is 4.72 Å². The van der Waals surface area contributed by atoms with Crippen LogP contribution in [0, 0.1) is 0 Å². The predicted molar refractivity (Wildman–Crippen MR) is 111 cm³/mol. The fourth-order valence-electron chi connectivity index (χ4n) is 3.29. The Labute approximate surface area is 171 Å². The minimum Gasteiger partial charge on any atom is -0.390 e. The molecule has 1 saturated heterocycles. The minimum absolute atomic E-state index is 0.0109. The molecule has 0 amide bonds. The average molecular weight is 440 g/mol. The van der Waals surface area contributed by atoms with Crippen LogP contribution in [0.3, 0.4) is 0 Å². The van der Waals surface area contributed by atoms with Crippen LogP contribution in [0.25, 0.3) is 0 Å². The van der Waals surface area contributed by atoms with Gasteiger partial charge < -0.3 is 5.11 Å². The molecule has 1 unspecified atom stereocenters. The van der Waals surface area contributed by atoms with Gasteiger partial charge in [-0.1, -0.05) is 30.3 Å². The average Bonchev–Trinajstić information content (AvgIpc) is 2.83. The summed E-state index contributed by atoms with van der Waals surface area (Å²) >= 11 is 0. The van der Waals surface area contributed by atoms with Crippen molar-refractivity contribution >= 4 is 25.7 Å². The third kappa shape index (κ3) is 6.00. The lowest BCUT2D eigenvalue weighted by Gasteiger charge is -2.21. The third-order valence-electron chi connectivity index (χ3n) is 4.59. The van der Waals surface area contributed by atoms with Gasteiger partial charge in [0.2, 0.25) is 20.0 Å². The molecule has 3 rings (SSSR count). The maximum Gasteiger partial charge on any atom is 0.243 e. The van der Waals surface area contributed by atoms with Crippen molar-refractivity contribution < 1.29 is 21.9 Å². The monoisotopic (exact) mass is 439 g/mol. The Hall–Kier alpha value is -1.98. The maximum atomic E-state index is 13.0. The lowest BCUT2D eigenvalue weighted by atomic mass is 10.2. The van der Waals surface area contributed by atoms with Gasteiger partial charge in [0.05, 0.1) is 17.3 Å². The van der Waals surface area contributed by atoms with E-state index in [4.69, 9.17) is 0 Å². The molecule has 10 heteroatoms. The highest BCUT2D eigenvalue weighted by Gasteiger charge is 2.30. The number of benzene rings is 2. The number of rotatable bonds is 6. The Morgan fingerprint density at radius 3 is 2.24 bits per heavy atom. The number of nitrogens with zero attached hydrogens (tertiary/aromatic N) is 2. The molecule has 0 bridgehead atoms. The lowest BCUT2D eigenvalue weighted by molar-refractivity contribution is 0.120. The van der Waals surface area contributed by atoms with Crippen LogP contribution in [0.15, 0.2) is 59.5 Å². The summed E-state index contributed by atoms with van der Waals surface area (Å²) in [4.78, 5) is 2.09. The Morgan fingerprint density at radius 1 is 0.966 bits per heavy atom. The Kier molecular flexibility index (Phi) is 6.59. The normalized spacial score (nSPS) is 19.6. The first-order valence-corrected chi connectivity index (χ1v) is 12.5. The topological polar surface area (TPSA) is 107 Å². The van der Waals surface area contributed by atoms with Gasteiger partial charge in [-0.05, 0) is 29.8 Å². The van der Waals surface area contributed by atoms with Crippen molar-refractivity contribution in [2.45, 2.75) is 17.5 Å². The fraction of sp³-hybridized carbons (Fsp3) is 0.368. The number of aliphatic hydroxyl groups excluding tert-OH is 1. The van der Waals surface area contributed by atoms with Crippen LogP contribution < -0.4 is 4.72 Å². The van der Waals surface area contributed by atoms with Crippen LogP contribution in [-0.2, 0) is 26.6 Å². The fourth-order valence-corrected chi connectivity index (χ4v) is 5.32. The first-order valence-electron chi connectivity index (χ1n) is 9.16. The molecular weight excluding hydrogens is 414 g/mol. The largest absolute Gasteiger partial charge is 0.390 e. The number of β-amino-alcohol motifs (C(OH)–C–C–N with tert-alkyl or cyclic N) is 1. The molecule has 1 atom stereocenters. The zero-order valence-corrected chi connectivity index (χ0v) is 17.7. The van der Waals surface area contributed by atoms with Crippen molar-refractivity contribution in [3.63, 3.8) is 0 Å². The van der Waals surface area contributed by atoms with E-state index in [9.17, 15) is 21.9 Å². The van der Waals surface area contributed by atoms with Crippen molar-refractivity contribution in [3.05, 3.63) is 60.2 Å². The first-order chi connectivity index (χ1) is 13.6. The zero-order chi connectivity index (χ0) is 21.1. The molecule has 0 radical (unpaired) electrons. The number of anilines is 1. The Bertz CT molecular complexity index is 1030. The molecule has 8 nitrogen and oxygen atoms in total. The van der Waals surface area contributed by atoms with Crippen molar-refractivity contribution in [3.8, 4) is 0 Å². The molecule has 0 aliphatic carbocycles. The highest BCUT2D eigenvalue weighted by molar-refractivity contribution is 7.92. The number of hydrogen-bond acceptors (Lipinski definition) is 6. The summed E-state index contributed by atoms with van der Waals surface area (Å²) in [5.74, 6) is 0. The molecule has 1 aliphatic rings. The maximum absolute atomic E-state index is 13.0. The molecule has 0 saturated carbocycles. The second kappa shape index (κ2) is 8.80. The summed E-state index contributed by atoms with van der Waals surface area (Å²) in [6, 6.07) is 15.4. The van der Waals surface area contributed by atoms with Crippen LogP contribution in [-0.4, -0.2) is 69.7 Å². The summed E-state index contributed by atoms with van der Waals surface area (Å²) < 4.78 is 52.2. The van der Waals surface area contributed by atoms with Gasteiger partial charge in [-0.3, -0.25) is 9.62 Å². The molecule has 1 heterocycles. The number of hydrogen-bond donors (Lipinski definition) is 2. The first kappa shape index (κ1) is 21.7. The van der Waals surface area contributed by atoms with Crippen molar-refractivity contribution in [2.24, 2.45) is 0 Å². The van der Waals surface area contributed by atoms with Gasteiger partial charge in [0, 0.05) is 38.4 Å². The Morgan fingerprint density at radius 2 is 1.62 bits per heavy atom. The number of sulfonamides is 2. The van der Waals surface area contributed by atoms with Crippen LogP contribution in [0.5, 0.6) is 0 Å². The zero-order valence-electron chi connectivity index (χ0n) is 16.1. The van der Waals surface area contributed by atoms with E-state index in [1.165, 1.54) is 28.6 Å². The van der Waals surface area contributed by atoms with Crippen LogP contribution in [0.2, 0.25) is 0 Å². The van der Waals surface area contributed by atoms with E-state index >= 15 is 0 Å². The molecule has 1 aliphatic heterocycles. The van der Waals surface area contributed by atoms with Gasteiger partial charge in [0.1, 0.15) is 0 Å². The summed E-state index contributed by atoms with van der Waals surface area (Å²) in [6.45, 7) is 1.79. The summed E-state index contributed by atoms with van der Waals surface area (Å²) in [7, 11) is -7.24. The van der Waals surface area contributed by atoms with E-state index in [0.717, 1.165) is 11.8 Å². The Balaban J connectivity index is 1.72. The lowest BCUT2D eigenvalue weighted by Crippen LogP contribution is -2.37. The van der Waals surface area contributed by atoms with E-state index < -0.39 is 26.2 Å². The number of nitrogens with one attached hydrogen (secondary N) is 1. The predicted octanol–water partition coefficient (Wildman–Crippen LogP) is 0.925. The highest BCUT2D eigenvalue weighted by atomic mass is 32.2. The molecule has 2 aromatic carbocycles.